The van der Waals surface area contributed by atoms with Crippen LogP contribution in [-0.4, -0.2) is 29.3 Å². The van der Waals surface area contributed by atoms with Crippen LogP contribution >= 0.6 is 0 Å². The van der Waals surface area contributed by atoms with Gasteiger partial charge >= 0.3 is 0 Å². The molecule has 0 saturated heterocycles. The van der Waals surface area contributed by atoms with Crippen molar-refractivity contribution >= 4 is 11.4 Å². The molecule has 32 heavy (non-hydrogen) atoms. The van der Waals surface area contributed by atoms with Gasteiger partial charge in [0.15, 0.2) is 5.43 Å². The molecule has 4 rings (SSSR count). The Morgan fingerprint density at radius 1 is 0.844 bits per heavy atom. The van der Waals surface area contributed by atoms with Crippen molar-refractivity contribution in [2.45, 2.75) is 0 Å². The van der Waals surface area contributed by atoms with E-state index in [0.717, 1.165) is 30.3 Å². The molecule has 0 N–H and O–H groups in total. The van der Waals surface area contributed by atoms with Gasteiger partial charge in [-0.2, -0.15) is 0 Å². The van der Waals surface area contributed by atoms with Crippen LogP contribution in [0.5, 0.6) is 0 Å². The number of fused-ring (bicyclic) bond motifs is 1. The minimum Gasteiger partial charge on any atom is -0.345 e. The number of hydrogen-bond donors (Lipinski definition) is 0. The van der Waals surface area contributed by atoms with Crippen LogP contribution in [0.2, 0.25) is 0 Å². The summed E-state index contributed by atoms with van der Waals surface area (Å²) in [5.74, 6) is -4.35. The molecule has 0 unspecified atom stereocenters. The number of carbonyl (C=O) groups excluding carboxylic acids is 1. The van der Waals surface area contributed by atoms with Crippen LogP contribution < -0.4 is 5.43 Å². The topological polar surface area (TPSA) is 41.8 Å². The van der Waals surface area contributed by atoms with Gasteiger partial charge in [0.05, 0.1) is 22.3 Å². The Labute approximate surface area is 180 Å². The summed E-state index contributed by atoms with van der Waals surface area (Å²) in [7, 11) is 2.89. The van der Waals surface area contributed by atoms with Crippen molar-refractivity contribution < 1.29 is 22.4 Å². The number of amides is 1. The van der Waals surface area contributed by atoms with Crippen molar-refractivity contribution in [3.05, 3.63) is 99.8 Å². The molecule has 2 heterocycles. The number of benzene rings is 2. The van der Waals surface area contributed by atoms with E-state index in [4.69, 9.17) is 0 Å². The molecule has 2 aromatic heterocycles. The maximum atomic E-state index is 15.0. The standard InChI is InChI=1S/C24H16F4N2O2/c1-29(2)24(32)13-10-17(27)22(18(28)11-13)23-20-5-3-4-19(30(20)9-8-21(23)31)15-7-6-14(25)12-16(15)26/h3-12H,1-2H3. The molecule has 1 amide bonds. The van der Waals surface area contributed by atoms with Gasteiger partial charge in [0.1, 0.15) is 23.3 Å². The Balaban J connectivity index is 2.00. The largest absolute Gasteiger partial charge is 0.345 e. The van der Waals surface area contributed by atoms with E-state index in [1.54, 1.807) is 0 Å². The van der Waals surface area contributed by atoms with Gasteiger partial charge in [-0.15, -0.1) is 0 Å². The molecule has 2 aromatic carbocycles. The number of aromatic nitrogens is 1. The molecular formula is C24H16F4N2O2. The maximum absolute atomic E-state index is 15.0. The predicted octanol–water partition coefficient (Wildman–Crippen LogP) is 4.89. The smallest absolute Gasteiger partial charge is 0.253 e. The SMILES string of the molecule is CN(C)C(=O)c1cc(F)c(-c2c(=O)ccn3c(-c4ccc(F)cc4F)cccc23)c(F)c1. The lowest BCUT2D eigenvalue weighted by atomic mass is 9.99. The van der Waals surface area contributed by atoms with Crippen LogP contribution in [0.4, 0.5) is 17.6 Å². The lowest BCUT2D eigenvalue weighted by molar-refractivity contribution is 0.0826. The monoisotopic (exact) mass is 440 g/mol. The maximum Gasteiger partial charge on any atom is 0.253 e. The Hall–Kier alpha value is -3.94. The summed E-state index contributed by atoms with van der Waals surface area (Å²) in [6.07, 6.45) is 1.35. The van der Waals surface area contributed by atoms with Gasteiger partial charge in [0, 0.05) is 43.6 Å². The number of pyridine rings is 2. The van der Waals surface area contributed by atoms with Crippen LogP contribution in [0.25, 0.3) is 27.9 Å². The fourth-order valence-electron chi connectivity index (χ4n) is 3.60. The Morgan fingerprint density at radius 3 is 2.16 bits per heavy atom. The number of carbonyl (C=O) groups is 1. The second-order valence-electron chi connectivity index (χ2n) is 7.36. The minimum absolute atomic E-state index is 0.0412. The van der Waals surface area contributed by atoms with E-state index < -0.39 is 40.2 Å². The summed E-state index contributed by atoms with van der Waals surface area (Å²) in [5, 5.41) is 0. The van der Waals surface area contributed by atoms with E-state index in [1.807, 2.05) is 0 Å². The molecular weight excluding hydrogens is 424 g/mol. The third kappa shape index (κ3) is 3.53. The molecule has 0 aliphatic heterocycles. The van der Waals surface area contributed by atoms with E-state index >= 15 is 0 Å². The third-order valence-corrected chi connectivity index (χ3v) is 5.06. The summed E-state index contributed by atoms with van der Waals surface area (Å²) in [4.78, 5) is 25.9. The van der Waals surface area contributed by atoms with Crippen molar-refractivity contribution in [3.63, 3.8) is 0 Å². The first kappa shape index (κ1) is 21.3. The molecule has 0 aliphatic rings. The Kier molecular flexibility index (Phi) is 5.30. The minimum atomic E-state index is -1.08. The summed E-state index contributed by atoms with van der Waals surface area (Å²) in [6, 6.07) is 10.4. The average molecular weight is 440 g/mol. The van der Waals surface area contributed by atoms with Crippen LogP contribution in [0.1, 0.15) is 10.4 Å². The van der Waals surface area contributed by atoms with E-state index in [1.165, 1.54) is 53.9 Å². The van der Waals surface area contributed by atoms with Gasteiger partial charge in [-0.25, -0.2) is 17.6 Å². The lowest BCUT2D eigenvalue weighted by Crippen LogP contribution is -2.22. The molecule has 0 atom stereocenters. The molecule has 8 heteroatoms. The highest BCUT2D eigenvalue weighted by Crippen LogP contribution is 2.31. The predicted molar refractivity (Wildman–Crippen MR) is 112 cm³/mol. The van der Waals surface area contributed by atoms with Crippen LogP contribution in [-0.2, 0) is 0 Å². The molecule has 0 spiro atoms. The second-order valence-corrected chi connectivity index (χ2v) is 7.36. The lowest BCUT2D eigenvalue weighted by Gasteiger charge is -2.15. The zero-order valence-corrected chi connectivity index (χ0v) is 17.0. The number of nitrogens with zero attached hydrogens (tertiary/aromatic N) is 2. The first-order chi connectivity index (χ1) is 15.2. The normalized spacial score (nSPS) is 11.1. The molecule has 162 valence electrons. The molecule has 0 fully saturated rings. The summed E-state index contributed by atoms with van der Waals surface area (Å²) < 4.78 is 59.1. The van der Waals surface area contributed by atoms with Gasteiger partial charge in [-0.3, -0.25) is 9.59 Å². The van der Waals surface area contributed by atoms with Gasteiger partial charge in [-0.1, -0.05) is 6.07 Å². The molecule has 4 nitrogen and oxygen atoms in total. The Bertz CT molecular complexity index is 1420. The summed E-state index contributed by atoms with van der Waals surface area (Å²) in [5.41, 5.74) is -1.34. The average Bonchev–Trinajstić information content (AvgIpc) is 2.73. The van der Waals surface area contributed by atoms with Crippen LogP contribution in [0.3, 0.4) is 0 Å². The van der Waals surface area contributed by atoms with Gasteiger partial charge in [-0.05, 0) is 36.4 Å². The highest BCUT2D eigenvalue weighted by molar-refractivity contribution is 5.95. The zero-order chi connectivity index (χ0) is 23.2. The third-order valence-electron chi connectivity index (χ3n) is 5.06. The first-order valence-electron chi connectivity index (χ1n) is 9.50. The van der Waals surface area contributed by atoms with Crippen molar-refractivity contribution in [2.75, 3.05) is 14.1 Å². The van der Waals surface area contributed by atoms with E-state index in [0.29, 0.717) is 0 Å². The Morgan fingerprint density at radius 2 is 1.53 bits per heavy atom. The number of rotatable bonds is 3. The van der Waals surface area contributed by atoms with E-state index in [2.05, 4.69) is 0 Å². The van der Waals surface area contributed by atoms with Crippen LogP contribution in [0.15, 0.2) is 65.6 Å². The quantitative estimate of drug-likeness (QED) is 0.426. The summed E-state index contributed by atoms with van der Waals surface area (Å²) in [6.45, 7) is 0. The van der Waals surface area contributed by atoms with E-state index in [9.17, 15) is 27.2 Å². The number of halogens is 4. The van der Waals surface area contributed by atoms with E-state index in [-0.39, 0.29) is 27.9 Å². The van der Waals surface area contributed by atoms with Crippen molar-refractivity contribution in [1.29, 1.82) is 0 Å². The van der Waals surface area contributed by atoms with Gasteiger partial charge in [0.2, 0.25) is 0 Å². The molecule has 0 radical (unpaired) electrons. The molecule has 4 aromatic rings. The fraction of sp³-hybridized carbons (Fsp3) is 0.0833. The molecule has 0 aliphatic carbocycles. The van der Waals surface area contributed by atoms with Gasteiger partial charge < -0.3 is 9.30 Å². The fourth-order valence-corrected chi connectivity index (χ4v) is 3.60. The van der Waals surface area contributed by atoms with Crippen molar-refractivity contribution in [2.24, 2.45) is 0 Å². The summed E-state index contributed by atoms with van der Waals surface area (Å²) >= 11 is 0. The van der Waals surface area contributed by atoms with Crippen LogP contribution in [0, 0.1) is 23.3 Å². The van der Waals surface area contributed by atoms with Crippen molar-refractivity contribution in [1.82, 2.24) is 9.30 Å². The zero-order valence-electron chi connectivity index (χ0n) is 17.0. The molecule has 0 bridgehead atoms. The highest BCUT2D eigenvalue weighted by Gasteiger charge is 2.22. The highest BCUT2D eigenvalue weighted by atomic mass is 19.1. The molecule has 0 saturated carbocycles. The first-order valence-corrected chi connectivity index (χ1v) is 9.50. The van der Waals surface area contributed by atoms with Gasteiger partial charge in [0.25, 0.3) is 5.91 Å². The van der Waals surface area contributed by atoms with Crippen molar-refractivity contribution in [3.8, 4) is 22.4 Å². The number of hydrogen-bond acceptors (Lipinski definition) is 2. The second kappa shape index (κ2) is 7.96.